The number of anilines is 3. The van der Waals surface area contributed by atoms with E-state index in [1.54, 1.807) is 6.07 Å². The highest BCUT2D eigenvalue weighted by molar-refractivity contribution is 5.60. The molecule has 3 rings (SSSR count). The van der Waals surface area contributed by atoms with Crippen LogP contribution in [0.25, 0.3) is 0 Å². The molecule has 6 heteroatoms. The van der Waals surface area contributed by atoms with E-state index in [-0.39, 0.29) is 0 Å². The first kappa shape index (κ1) is 16.2. The van der Waals surface area contributed by atoms with E-state index in [0.717, 1.165) is 30.3 Å². The largest absolute Gasteiger partial charge is 0.353 e. The Morgan fingerprint density at radius 3 is 2.79 bits per heavy atom. The van der Waals surface area contributed by atoms with E-state index in [0.29, 0.717) is 17.4 Å². The summed E-state index contributed by atoms with van der Waals surface area (Å²) in [5.41, 5.74) is 2.56. The molecular weight excluding hydrogens is 300 g/mol. The summed E-state index contributed by atoms with van der Waals surface area (Å²) in [5.74, 6) is 1.96. The number of nitriles is 1. The molecule has 0 aliphatic heterocycles. The van der Waals surface area contributed by atoms with Crippen LogP contribution >= 0.6 is 0 Å². The van der Waals surface area contributed by atoms with E-state index in [2.05, 4.69) is 31.6 Å². The lowest BCUT2D eigenvalue weighted by Crippen LogP contribution is -2.21. The van der Waals surface area contributed by atoms with E-state index in [1.165, 1.54) is 12.8 Å². The Hall–Kier alpha value is -2.65. The highest BCUT2D eigenvalue weighted by Gasteiger charge is 2.26. The second kappa shape index (κ2) is 7.28. The zero-order valence-electron chi connectivity index (χ0n) is 14.1. The van der Waals surface area contributed by atoms with Crippen LogP contribution in [-0.4, -0.2) is 42.1 Å². The number of benzene rings is 1. The van der Waals surface area contributed by atoms with Gasteiger partial charge in [-0.1, -0.05) is 6.07 Å². The van der Waals surface area contributed by atoms with Crippen LogP contribution < -0.4 is 10.6 Å². The van der Waals surface area contributed by atoms with Crippen LogP contribution in [0.3, 0.4) is 0 Å². The summed E-state index contributed by atoms with van der Waals surface area (Å²) in [6.07, 6.45) is 2.38. The molecule has 6 nitrogen and oxygen atoms in total. The van der Waals surface area contributed by atoms with Crippen LogP contribution in [-0.2, 0) is 0 Å². The SMILES string of the molecule is CN(C)CCNc1nc(Nc2cccc(C#N)c2)cc(C2CC2)n1. The second-order valence-corrected chi connectivity index (χ2v) is 6.32. The van der Waals surface area contributed by atoms with Crippen molar-refractivity contribution in [1.29, 1.82) is 5.26 Å². The van der Waals surface area contributed by atoms with Crippen LogP contribution in [0.15, 0.2) is 30.3 Å². The molecule has 24 heavy (non-hydrogen) atoms. The normalized spacial score (nSPS) is 13.6. The summed E-state index contributed by atoms with van der Waals surface area (Å²) in [7, 11) is 4.08. The molecule has 1 aromatic heterocycles. The summed E-state index contributed by atoms with van der Waals surface area (Å²) in [6, 6.07) is 11.6. The first-order chi connectivity index (χ1) is 11.6. The summed E-state index contributed by atoms with van der Waals surface area (Å²) < 4.78 is 0. The van der Waals surface area contributed by atoms with Gasteiger partial charge in [0.1, 0.15) is 5.82 Å². The summed E-state index contributed by atoms with van der Waals surface area (Å²) in [5, 5.41) is 15.6. The fourth-order valence-electron chi connectivity index (χ4n) is 2.40. The van der Waals surface area contributed by atoms with E-state index >= 15 is 0 Å². The number of hydrogen-bond acceptors (Lipinski definition) is 6. The van der Waals surface area contributed by atoms with Crippen LogP contribution in [0.2, 0.25) is 0 Å². The third kappa shape index (κ3) is 4.43. The lowest BCUT2D eigenvalue weighted by atomic mass is 10.2. The van der Waals surface area contributed by atoms with Gasteiger partial charge in [-0.25, -0.2) is 4.98 Å². The topological polar surface area (TPSA) is 76.9 Å². The van der Waals surface area contributed by atoms with Gasteiger partial charge in [-0.05, 0) is 45.1 Å². The maximum atomic E-state index is 9.02. The Morgan fingerprint density at radius 2 is 2.08 bits per heavy atom. The predicted molar refractivity (Wildman–Crippen MR) is 95.5 cm³/mol. The van der Waals surface area contributed by atoms with Gasteiger partial charge >= 0.3 is 0 Å². The van der Waals surface area contributed by atoms with Gasteiger partial charge < -0.3 is 15.5 Å². The molecule has 1 fully saturated rings. The molecule has 0 spiro atoms. The summed E-state index contributed by atoms with van der Waals surface area (Å²) in [4.78, 5) is 11.3. The standard InChI is InChI=1S/C18H22N6/c1-24(2)9-8-20-18-22-16(14-6-7-14)11-17(23-18)21-15-5-3-4-13(10-15)12-19/h3-5,10-11,14H,6-9H2,1-2H3,(H2,20,21,22,23). The van der Waals surface area contributed by atoms with Gasteiger partial charge in [0.2, 0.25) is 5.95 Å². The average molecular weight is 322 g/mol. The molecule has 0 amide bonds. The lowest BCUT2D eigenvalue weighted by Gasteiger charge is -2.13. The fourth-order valence-corrected chi connectivity index (χ4v) is 2.40. The third-order valence-corrected chi connectivity index (χ3v) is 3.85. The van der Waals surface area contributed by atoms with Gasteiger partial charge in [0, 0.05) is 30.8 Å². The molecule has 0 saturated heterocycles. The smallest absolute Gasteiger partial charge is 0.224 e. The van der Waals surface area contributed by atoms with Gasteiger partial charge in [-0.2, -0.15) is 10.2 Å². The van der Waals surface area contributed by atoms with Crippen molar-refractivity contribution in [1.82, 2.24) is 14.9 Å². The summed E-state index contributed by atoms with van der Waals surface area (Å²) in [6.45, 7) is 1.72. The Balaban J connectivity index is 1.78. The van der Waals surface area contributed by atoms with Gasteiger partial charge in [0.25, 0.3) is 0 Å². The second-order valence-electron chi connectivity index (χ2n) is 6.32. The van der Waals surface area contributed by atoms with E-state index < -0.39 is 0 Å². The Kier molecular flexibility index (Phi) is 4.92. The summed E-state index contributed by atoms with van der Waals surface area (Å²) >= 11 is 0. The molecule has 1 aliphatic rings. The van der Waals surface area contributed by atoms with Gasteiger partial charge in [-0.3, -0.25) is 0 Å². The van der Waals surface area contributed by atoms with Crippen molar-refractivity contribution >= 4 is 17.5 Å². The van der Waals surface area contributed by atoms with E-state index in [9.17, 15) is 0 Å². The Bertz CT molecular complexity index is 745. The van der Waals surface area contributed by atoms with Crippen molar-refractivity contribution in [3.8, 4) is 6.07 Å². The molecular formula is C18H22N6. The molecule has 1 aromatic carbocycles. The third-order valence-electron chi connectivity index (χ3n) is 3.85. The molecule has 0 unspecified atom stereocenters. The first-order valence-electron chi connectivity index (χ1n) is 8.19. The van der Waals surface area contributed by atoms with Gasteiger partial charge in [0.15, 0.2) is 0 Å². The predicted octanol–water partition coefficient (Wildman–Crippen LogP) is 2.94. The lowest BCUT2D eigenvalue weighted by molar-refractivity contribution is 0.425. The van der Waals surface area contributed by atoms with Crippen molar-refractivity contribution in [2.24, 2.45) is 0 Å². The molecule has 0 radical (unpaired) electrons. The Morgan fingerprint density at radius 1 is 1.25 bits per heavy atom. The highest BCUT2D eigenvalue weighted by Crippen LogP contribution is 2.40. The van der Waals surface area contributed by atoms with Crippen LogP contribution in [0.1, 0.15) is 30.0 Å². The monoisotopic (exact) mass is 322 g/mol. The zero-order valence-corrected chi connectivity index (χ0v) is 14.1. The van der Waals surface area contributed by atoms with Crippen molar-refractivity contribution in [3.05, 3.63) is 41.6 Å². The van der Waals surface area contributed by atoms with Gasteiger partial charge in [0.05, 0.1) is 17.3 Å². The molecule has 1 heterocycles. The maximum absolute atomic E-state index is 9.02. The van der Waals surface area contributed by atoms with E-state index in [4.69, 9.17) is 5.26 Å². The number of likely N-dealkylation sites (N-methyl/N-ethyl adjacent to an activating group) is 1. The quantitative estimate of drug-likeness (QED) is 0.816. The van der Waals surface area contributed by atoms with Crippen LogP contribution in [0, 0.1) is 11.3 Å². The maximum Gasteiger partial charge on any atom is 0.224 e. The fraction of sp³-hybridized carbons (Fsp3) is 0.389. The molecule has 0 atom stereocenters. The number of aromatic nitrogens is 2. The van der Waals surface area contributed by atoms with Crippen molar-refractivity contribution < 1.29 is 0 Å². The van der Waals surface area contributed by atoms with Crippen LogP contribution in [0.4, 0.5) is 17.5 Å². The number of rotatable bonds is 7. The number of nitrogens with zero attached hydrogens (tertiary/aromatic N) is 4. The minimum atomic E-state index is 0.549. The molecule has 1 aliphatic carbocycles. The first-order valence-corrected chi connectivity index (χ1v) is 8.19. The van der Waals surface area contributed by atoms with Crippen molar-refractivity contribution in [3.63, 3.8) is 0 Å². The highest BCUT2D eigenvalue weighted by atomic mass is 15.2. The molecule has 2 aromatic rings. The van der Waals surface area contributed by atoms with Crippen molar-refractivity contribution in [2.45, 2.75) is 18.8 Å². The number of nitrogens with one attached hydrogen (secondary N) is 2. The Labute approximate surface area is 142 Å². The van der Waals surface area contributed by atoms with E-state index in [1.807, 2.05) is 38.4 Å². The molecule has 1 saturated carbocycles. The van der Waals surface area contributed by atoms with Crippen molar-refractivity contribution in [2.75, 3.05) is 37.8 Å². The zero-order chi connectivity index (χ0) is 16.9. The average Bonchev–Trinajstić information content (AvgIpc) is 3.39. The van der Waals surface area contributed by atoms with Gasteiger partial charge in [-0.15, -0.1) is 0 Å². The molecule has 124 valence electrons. The minimum absolute atomic E-state index is 0.549. The van der Waals surface area contributed by atoms with Crippen LogP contribution in [0.5, 0.6) is 0 Å². The number of hydrogen-bond donors (Lipinski definition) is 2. The minimum Gasteiger partial charge on any atom is -0.353 e. The molecule has 2 N–H and O–H groups in total. The molecule has 0 bridgehead atoms.